The van der Waals surface area contributed by atoms with Crippen LogP contribution in [0.5, 0.6) is 0 Å². The van der Waals surface area contributed by atoms with Gasteiger partial charge in [-0.1, -0.05) is 55.8 Å². The van der Waals surface area contributed by atoms with Gasteiger partial charge >= 0.3 is 0 Å². The number of hydrogen-bond donors (Lipinski definition) is 1. The van der Waals surface area contributed by atoms with Crippen LogP contribution in [-0.4, -0.2) is 10.2 Å². The van der Waals surface area contributed by atoms with Gasteiger partial charge in [0.2, 0.25) is 0 Å². The van der Waals surface area contributed by atoms with Crippen molar-refractivity contribution in [3.63, 3.8) is 0 Å². The monoisotopic (exact) mass is 378 g/mol. The molecule has 0 aliphatic heterocycles. The molecule has 0 fully saturated rings. The van der Waals surface area contributed by atoms with Gasteiger partial charge in [0.05, 0.1) is 5.69 Å². The Kier molecular flexibility index (Phi) is 7.05. The van der Waals surface area contributed by atoms with E-state index in [-0.39, 0.29) is 0 Å². The second kappa shape index (κ2) is 9.70. The van der Waals surface area contributed by atoms with Crippen LogP contribution < -0.4 is 0 Å². The summed E-state index contributed by atoms with van der Waals surface area (Å²) in [5.41, 5.74) is 7.88. The number of nitrogens with one attached hydrogen (secondary N) is 1. The maximum Gasteiger partial charge on any atom is 0.0938 e. The van der Waals surface area contributed by atoms with E-state index in [0.29, 0.717) is 5.92 Å². The molecule has 1 aromatic carbocycles. The first-order chi connectivity index (χ1) is 13.2. The molecule has 142 valence electrons. The van der Waals surface area contributed by atoms with E-state index in [9.17, 15) is 0 Å². The van der Waals surface area contributed by atoms with E-state index in [2.05, 4.69) is 66.0 Å². The summed E-state index contributed by atoms with van der Waals surface area (Å²) in [6.45, 7) is 6.55. The van der Waals surface area contributed by atoms with E-state index >= 15 is 0 Å². The van der Waals surface area contributed by atoms with Crippen molar-refractivity contribution >= 4 is 16.9 Å². The molecule has 0 saturated carbocycles. The molecule has 0 amide bonds. The highest BCUT2D eigenvalue weighted by atomic mass is 32.1. The normalized spacial score (nSPS) is 14.9. The molecule has 1 aliphatic carbocycles. The largest absolute Gasteiger partial charge is 0.282 e. The summed E-state index contributed by atoms with van der Waals surface area (Å²) in [5.74, 6) is 0.548. The lowest BCUT2D eigenvalue weighted by Crippen LogP contribution is -1.92. The standard InChI is InChI=1S/C17H22N2S.C7H8/c1-3-12(2)16-9-17(19-18-16)15-11-20-10-14(15)13-7-5-4-6-8-13;1-7-5-3-2-4-6-7/h7,9-12H,3-6,8H2,1-2H3,(H,18,19);2-6H,1H3. The quantitative estimate of drug-likeness (QED) is 0.497. The Balaban J connectivity index is 0.000000253. The Labute approximate surface area is 167 Å². The number of aryl methyl sites for hydroxylation is 1. The summed E-state index contributed by atoms with van der Waals surface area (Å²) in [6.07, 6.45) is 8.65. The summed E-state index contributed by atoms with van der Waals surface area (Å²) in [4.78, 5) is 0. The smallest absolute Gasteiger partial charge is 0.0938 e. The summed E-state index contributed by atoms with van der Waals surface area (Å²) in [5, 5.41) is 12.3. The van der Waals surface area contributed by atoms with Crippen LogP contribution in [0, 0.1) is 6.92 Å². The third-order valence-corrected chi connectivity index (χ3v) is 6.00. The summed E-state index contributed by atoms with van der Waals surface area (Å²) >= 11 is 1.78. The fourth-order valence-corrected chi connectivity index (χ4v) is 4.17. The van der Waals surface area contributed by atoms with Gasteiger partial charge in [0, 0.05) is 16.6 Å². The van der Waals surface area contributed by atoms with Gasteiger partial charge < -0.3 is 0 Å². The van der Waals surface area contributed by atoms with E-state index in [4.69, 9.17) is 0 Å². The Morgan fingerprint density at radius 3 is 2.52 bits per heavy atom. The minimum Gasteiger partial charge on any atom is -0.282 e. The predicted octanol–water partition coefficient (Wildman–Crippen LogP) is 7.60. The van der Waals surface area contributed by atoms with Crippen LogP contribution in [0.25, 0.3) is 16.8 Å². The zero-order valence-corrected chi connectivity index (χ0v) is 17.5. The minimum absolute atomic E-state index is 0.548. The first-order valence-corrected chi connectivity index (χ1v) is 11.0. The number of thiophene rings is 1. The van der Waals surface area contributed by atoms with E-state index in [1.807, 2.05) is 18.2 Å². The molecule has 3 heteroatoms. The van der Waals surface area contributed by atoms with Crippen molar-refractivity contribution in [3.05, 3.63) is 70.1 Å². The van der Waals surface area contributed by atoms with Crippen molar-refractivity contribution < 1.29 is 0 Å². The molecule has 0 radical (unpaired) electrons. The number of rotatable bonds is 4. The molecule has 2 nitrogen and oxygen atoms in total. The van der Waals surface area contributed by atoms with E-state index in [1.165, 1.54) is 53.6 Å². The number of hydrogen-bond acceptors (Lipinski definition) is 2. The zero-order valence-electron chi connectivity index (χ0n) is 16.7. The Morgan fingerprint density at radius 1 is 1.11 bits per heavy atom. The molecule has 0 saturated heterocycles. The number of aromatic amines is 1. The van der Waals surface area contributed by atoms with Gasteiger partial charge in [-0.3, -0.25) is 5.10 Å². The first-order valence-electron chi connectivity index (χ1n) is 10.0. The molecule has 27 heavy (non-hydrogen) atoms. The van der Waals surface area contributed by atoms with E-state index in [0.717, 1.165) is 12.1 Å². The average Bonchev–Trinajstić information content (AvgIpc) is 3.38. The number of allylic oxidation sites excluding steroid dienone is 2. The third-order valence-electron chi connectivity index (χ3n) is 5.26. The Hall–Kier alpha value is -2.13. The number of nitrogens with zero attached hydrogens (tertiary/aromatic N) is 1. The van der Waals surface area contributed by atoms with Gasteiger partial charge in [0.25, 0.3) is 0 Å². The number of benzene rings is 1. The minimum atomic E-state index is 0.548. The van der Waals surface area contributed by atoms with Gasteiger partial charge in [0.15, 0.2) is 0 Å². The number of H-pyrrole nitrogens is 1. The molecule has 1 unspecified atom stereocenters. The van der Waals surface area contributed by atoms with Crippen molar-refractivity contribution in [2.24, 2.45) is 0 Å². The van der Waals surface area contributed by atoms with Crippen LogP contribution in [0.1, 0.15) is 68.7 Å². The van der Waals surface area contributed by atoms with Gasteiger partial charge in [0.1, 0.15) is 0 Å². The Morgan fingerprint density at radius 2 is 1.89 bits per heavy atom. The molecular weight excluding hydrogens is 348 g/mol. The van der Waals surface area contributed by atoms with Gasteiger partial charge in [-0.2, -0.15) is 16.4 Å². The van der Waals surface area contributed by atoms with E-state index < -0.39 is 0 Å². The van der Waals surface area contributed by atoms with Crippen LogP contribution in [-0.2, 0) is 0 Å². The summed E-state index contributed by atoms with van der Waals surface area (Å²) < 4.78 is 0. The topological polar surface area (TPSA) is 28.7 Å². The molecule has 1 atom stereocenters. The van der Waals surface area contributed by atoms with Crippen molar-refractivity contribution in [2.75, 3.05) is 0 Å². The van der Waals surface area contributed by atoms with Crippen LogP contribution in [0.4, 0.5) is 0 Å². The average molecular weight is 379 g/mol. The van der Waals surface area contributed by atoms with Crippen LogP contribution in [0.3, 0.4) is 0 Å². The SMILES string of the molecule is CCC(C)c1cc(-c2cscc2C2=CCCCC2)n[nH]1.Cc1ccccc1. The molecule has 4 rings (SSSR count). The van der Waals surface area contributed by atoms with Gasteiger partial charge in [-0.15, -0.1) is 0 Å². The van der Waals surface area contributed by atoms with Crippen LogP contribution >= 0.6 is 11.3 Å². The lowest BCUT2D eigenvalue weighted by Gasteiger charge is -2.12. The maximum atomic E-state index is 4.54. The fourth-order valence-electron chi connectivity index (χ4n) is 3.31. The zero-order chi connectivity index (χ0) is 19.1. The fraction of sp³-hybridized carbons (Fsp3) is 0.375. The lowest BCUT2D eigenvalue weighted by atomic mass is 9.92. The number of aromatic nitrogens is 2. The molecule has 0 spiro atoms. The highest BCUT2D eigenvalue weighted by Crippen LogP contribution is 2.36. The van der Waals surface area contributed by atoms with Crippen molar-refractivity contribution in [1.29, 1.82) is 0 Å². The molecule has 2 aromatic heterocycles. The summed E-state index contributed by atoms with van der Waals surface area (Å²) in [6, 6.07) is 12.5. The predicted molar refractivity (Wildman–Crippen MR) is 118 cm³/mol. The highest BCUT2D eigenvalue weighted by molar-refractivity contribution is 7.08. The first kappa shape index (κ1) is 19.6. The molecule has 1 aliphatic rings. The van der Waals surface area contributed by atoms with Gasteiger partial charge in [-0.25, -0.2) is 0 Å². The van der Waals surface area contributed by atoms with Crippen molar-refractivity contribution in [3.8, 4) is 11.3 Å². The van der Waals surface area contributed by atoms with Crippen molar-refractivity contribution in [1.82, 2.24) is 10.2 Å². The second-order valence-electron chi connectivity index (χ2n) is 7.35. The molecule has 2 heterocycles. The van der Waals surface area contributed by atoms with Crippen LogP contribution in [0.15, 0.2) is 53.2 Å². The second-order valence-corrected chi connectivity index (χ2v) is 8.09. The molecule has 3 aromatic rings. The molecule has 0 bridgehead atoms. The van der Waals surface area contributed by atoms with E-state index in [1.54, 1.807) is 11.3 Å². The van der Waals surface area contributed by atoms with Crippen molar-refractivity contribution in [2.45, 2.75) is 58.8 Å². The lowest BCUT2D eigenvalue weighted by molar-refractivity contribution is 0.703. The summed E-state index contributed by atoms with van der Waals surface area (Å²) in [7, 11) is 0. The van der Waals surface area contributed by atoms with Crippen LogP contribution in [0.2, 0.25) is 0 Å². The highest BCUT2D eigenvalue weighted by Gasteiger charge is 2.16. The van der Waals surface area contributed by atoms with Gasteiger partial charge in [-0.05, 0) is 67.5 Å². The molecular formula is C24H30N2S. The maximum absolute atomic E-state index is 4.54. The Bertz CT molecular complexity index is 857. The molecule has 1 N–H and O–H groups in total. The third kappa shape index (κ3) is 5.20.